The molecule has 3 N–H and O–H groups in total. The summed E-state index contributed by atoms with van der Waals surface area (Å²) in [5.74, 6) is -1.18. The second kappa shape index (κ2) is 4.75. The Bertz CT molecular complexity index is 333. The van der Waals surface area contributed by atoms with Crippen LogP contribution >= 0.6 is 0 Å². The van der Waals surface area contributed by atoms with Crippen LogP contribution in [0.4, 0.5) is 0 Å². The molecule has 2 aliphatic heterocycles. The number of aliphatic hydroxyl groups excluding tert-OH is 2. The van der Waals surface area contributed by atoms with E-state index in [1.54, 1.807) is 13.8 Å². The number of nitrogens with one attached hydrogen (secondary N) is 1. The zero-order chi connectivity index (χ0) is 13.5. The molecule has 0 radical (unpaired) electrons. The number of amides is 1. The Balaban J connectivity index is 2.12. The summed E-state index contributed by atoms with van der Waals surface area (Å²) < 4.78 is 16.3. The summed E-state index contributed by atoms with van der Waals surface area (Å²) in [7, 11) is 0. The maximum absolute atomic E-state index is 11.0. The quantitative estimate of drug-likeness (QED) is 0.544. The molecule has 0 aromatic heterocycles. The first-order chi connectivity index (χ1) is 8.30. The van der Waals surface area contributed by atoms with Crippen LogP contribution in [0.2, 0.25) is 0 Å². The molecule has 0 aromatic carbocycles. The van der Waals surface area contributed by atoms with Gasteiger partial charge in [-0.05, 0) is 13.8 Å². The van der Waals surface area contributed by atoms with Crippen LogP contribution in [0, 0.1) is 0 Å². The van der Waals surface area contributed by atoms with E-state index < -0.39 is 36.4 Å². The molecule has 2 heterocycles. The van der Waals surface area contributed by atoms with E-state index in [2.05, 4.69) is 5.32 Å². The average Bonchev–Trinajstić information content (AvgIpc) is 2.25. The molecule has 2 rings (SSSR count). The Kier molecular flexibility index (Phi) is 3.61. The Morgan fingerprint density at radius 3 is 2.67 bits per heavy atom. The van der Waals surface area contributed by atoms with E-state index in [1.807, 2.05) is 0 Å². The highest BCUT2D eigenvalue weighted by molar-refractivity contribution is 5.73. The van der Waals surface area contributed by atoms with E-state index in [0.717, 1.165) is 0 Å². The summed E-state index contributed by atoms with van der Waals surface area (Å²) in [5.41, 5.74) is 0. The van der Waals surface area contributed by atoms with Gasteiger partial charge in [0.05, 0.1) is 6.61 Å². The van der Waals surface area contributed by atoms with Gasteiger partial charge in [-0.25, -0.2) is 0 Å². The fourth-order valence-electron chi connectivity index (χ4n) is 2.25. The van der Waals surface area contributed by atoms with E-state index in [9.17, 15) is 15.0 Å². The molecule has 0 saturated carbocycles. The van der Waals surface area contributed by atoms with Gasteiger partial charge in [-0.15, -0.1) is 0 Å². The molecular weight excluding hydrogens is 242 g/mol. The summed E-state index contributed by atoms with van der Waals surface area (Å²) in [5, 5.41) is 22.4. The smallest absolute Gasteiger partial charge is 0.217 e. The Morgan fingerprint density at radius 1 is 1.39 bits per heavy atom. The van der Waals surface area contributed by atoms with Crippen molar-refractivity contribution < 1.29 is 29.2 Å². The van der Waals surface area contributed by atoms with E-state index in [0.29, 0.717) is 0 Å². The van der Waals surface area contributed by atoms with Crippen LogP contribution in [0.1, 0.15) is 20.8 Å². The first-order valence-electron chi connectivity index (χ1n) is 5.90. The third kappa shape index (κ3) is 2.65. The number of hydrogen-bond donors (Lipinski definition) is 3. The Morgan fingerprint density at radius 2 is 2.06 bits per heavy atom. The standard InChI is InChI=1S/C11H19NO6/c1-5(13)12-7-8(14)9-6(17-10(7)15)4-16-11(2,3)18-9/h6-10,14-15H,4H2,1-3H3,(H,12,13)/t6-,7-,8+,9+,10+/m0/s1. The molecule has 2 saturated heterocycles. The minimum absolute atomic E-state index is 0.221. The third-order valence-electron chi connectivity index (χ3n) is 3.08. The van der Waals surface area contributed by atoms with Crippen LogP contribution in [0.5, 0.6) is 0 Å². The van der Waals surface area contributed by atoms with E-state index in [-0.39, 0.29) is 12.5 Å². The number of carbonyl (C=O) groups excluding carboxylic acids is 1. The summed E-state index contributed by atoms with van der Waals surface area (Å²) in [6.07, 6.45) is -3.52. The lowest BCUT2D eigenvalue weighted by atomic mass is 9.95. The van der Waals surface area contributed by atoms with Gasteiger partial charge < -0.3 is 29.7 Å². The molecule has 2 fully saturated rings. The zero-order valence-corrected chi connectivity index (χ0v) is 10.6. The molecule has 7 nitrogen and oxygen atoms in total. The van der Waals surface area contributed by atoms with Gasteiger partial charge >= 0.3 is 0 Å². The van der Waals surface area contributed by atoms with E-state index in [4.69, 9.17) is 14.2 Å². The molecule has 0 unspecified atom stereocenters. The van der Waals surface area contributed by atoms with Crippen molar-refractivity contribution in [2.45, 2.75) is 57.2 Å². The highest BCUT2D eigenvalue weighted by atomic mass is 16.7. The van der Waals surface area contributed by atoms with E-state index in [1.165, 1.54) is 6.92 Å². The van der Waals surface area contributed by atoms with Crippen LogP contribution in [0.15, 0.2) is 0 Å². The lowest BCUT2D eigenvalue weighted by Gasteiger charge is -2.48. The topological polar surface area (TPSA) is 97.3 Å². The summed E-state index contributed by atoms with van der Waals surface area (Å²) in [6.45, 7) is 4.99. The largest absolute Gasteiger partial charge is 0.388 e. The molecule has 0 bridgehead atoms. The maximum Gasteiger partial charge on any atom is 0.217 e. The second-order valence-corrected chi connectivity index (χ2v) is 5.08. The van der Waals surface area contributed by atoms with Crippen molar-refractivity contribution in [1.82, 2.24) is 5.32 Å². The van der Waals surface area contributed by atoms with Gasteiger partial charge in [-0.1, -0.05) is 0 Å². The van der Waals surface area contributed by atoms with Crippen molar-refractivity contribution >= 4 is 5.91 Å². The highest BCUT2D eigenvalue weighted by Gasteiger charge is 2.50. The monoisotopic (exact) mass is 261 g/mol. The summed E-state index contributed by atoms with van der Waals surface area (Å²) in [6, 6.07) is -0.905. The van der Waals surface area contributed by atoms with Crippen molar-refractivity contribution in [1.29, 1.82) is 0 Å². The van der Waals surface area contributed by atoms with Crippen LogP contribution in [-0.4, -0.2) is 59.2 Å². The number of aliphatic hydroxyl groups is 2. The first-order valence-corrected chi connectivity index (χ1v) is 5.90. The maximum atomic E-state index is 11.0. The van der Waals surface area contributed by atoms with Crippen LogP contribution in [0.25, 0.3) is 0 Å². The number of rotatable bonds is 1. The van der Waals surface area contributed by atoms with Gasteiger partial charge in [0.2, 0.25) is 5.91 Å². The predicted octanol–water partition coefficient (Wildman–Crippen LogP) is -1.28. The minimum Gasteiger partial charge on any atom is -0.388 e. The van der Waals surface area contributed by atoms with Crippen molar-refractivity contribution in [2.75, 3.05) is 6.61 Å². The fourth-order valence-corrected chi connectivity index (χ4v) is 2.25. The normalized spacial score (nSPS) is 43.1. The SMILES string of the molecule is CC(=O)N[C@H]1[C@@H](O)[C@@H]2OC(C)(C)OC[C@@H]2O[C@H]1O. The molecule has 5 atom stereocenters. The molecule has 0 spiro atoms. The van der Waals surface area contributed by atoms with Gasteiger partial charge in [-0.2, -0.15) is 0 Å². The van der Waals surface area contributed by atoms with Crippen LogP contribution in [0.3, 0.4) is 0 Å². The molecule has 7 heteroatoms. The van der Waals surface area contributed by atoms with Gasteiger partial charge in [0.25, 0.3) is 0 Å². The number of hydrogen-bond acceptors (Lipinski definition) is 6. The molecule has 0 aromatic rings. The van der Waals surface area contributed by atoms with Gasteiger partial charge in [-0.3, -0.25) is 4.79 Å². The Labute approximate surface area is 105 Å². The van der Waals surface area contributed by atoms with Crippen molar-refractivity contribution in [2.24, 2.45) is 0 Å². The minimum atomic E-state index is -1.28. The molecule has 1 amide bonds. The average molecular weight is 261 g/mol. The molecule has 104 valence electrons. The lowest BCUT2D eigenvalue weighted by molar-refractivity contribution is -0.364. The van der Waals surface area contributed by atoms with E-state index >= 15 is 0 Å². The summed E-state index contributed by atoms with van der Waals surface area (Å²) in [4.78, 5) is 11.0. The second-order valence-electron chi connectivity index (χ2n) is 5.08. The molecule has 18 heavy (non-hydrogen) atoms. The van der Waals surface area contributed by atoms with Crippen molar-refractivity contribution in [3.05, 3.63) is 0 Å². The van der Waals surface area contributed by atoms with Gasteiger partial charge in [0.15, 0.2) is 12.1 Å². The van der Waals surface area contributed by atoms with Crippen molar-refractivity contribution in [3.63, 3.8) is 0 Å². The van der Waals surface area contributed by atoms with Crippen LogP contribution < -0.4 is 5.32 Å². The molecule has 2 aliphatic rings. The van der Waals surface area contributed by atoms with Gasteiger partial charge in [0.1, 0.15) is 24.4 Å². The first kappa shape index (κ1) is 13.7. The third-order valence-corrected chi connectivity index (χ3v) is 3.08. The molecule has 0 aliphatic carbocycles. The summed E-state index contributed by atoms with van der Waals surface area (Å²) >= 11 is 0. The fraction of sp³-hybridized carbons (Fsp3) is 0.909. The highest BCUT2D eigenvalue weighted by Crippen LogP contribution is 2.31. The predicted molar refractivity (Wildman–Crippen MR) is 59.4 cm³/mol. The molecular formula is C11H19NO6. The number of carbonyl (C=O) groups is 1. The van der Waals surface area contributed by atoms with Crippen molar-refractivity contribution in [3.8, 4) is 0 Å². The lowest BCUT2D eigenvalue weighted by Crippen LogP contribution is -2.67. The van der Waals surface area contributed by atoms with Gasteiger partial charge in [0, 0.05) is 6.92 Å². The zero-order valence-electron chi connectivity index (χ0n) is 10.6. The Hall–Kier alpha value is -0.730. The van der Waals surface area contributed by atoms with Crippen LogP contribution in [-0.2, 0) is 19.0 Å². The number of fused-ring (bicyclic) bond motifs is 1. The number of ether oxygens (including phenoxy) is 3.